The van der Waals surface area contributed by atoms with Gasteiger partial charge >= 0.3 is 12.1 Å². The summed E-state index contributed by atoms with van der Waals surface area (Å²) in [5, 5.41) is 13.1. The Morgan fingerprint density at radius 2 is 1.94 bits per heavy atom. The fourth-order valence-electron chi connectivity index (χ4n) is 3.79. The third-order valence-electron chi connectivity index (χ3n) is 5.46. The first-order chi connectivity index (χ1) is 16.5. The first kappa shape index (κ1) is 23.8. The number of nitriles is 1. The number of imidazole rings is 1. The predicted molar refractivity (Wildman–Crippen MR) is 130 cm³/mol. The van der Waals surface area contributed by atoms with Crippen molar-refractivity contribution in [3.05, 3.63) is 47.2 Å². The molecule has 0 bridgehead atoms. The number of methoxy groups -OCH3 is 1. The smallest absolute Gasteiger partial charge is 0.408 e. The quantitative estimate of drug-likeness (QED) is 0.420. The number of benzene rings is 1. The molecule has 4 aromatic rings. The second-order valence-electron chi connectivity index (χ2n) is 9.21. The number of aryl methyl sites for hydroxylation is 1. The number of ether oxygens (including phenoxy) is 2. The van der Waals surface area contributed by atoms with Gasteiger partial charge in [0.25, 0.3) is 0 Å². The van der Waals surface area contributed by atoms with Crippen LogP contribution in [0.25, 0.3) is 33.6 Å². The van der Waals surface area contributed by atoms with Crippen LogP contribution < -0.4 is 5.32 Å². The molecule has 10 heteroatoms. The molecule has 1 aromatic carbocycles. The first-order valence-electron chi connectivity index (χ1n) is 11.0. The number of nitrogens with zero attached hydrogens (tertiary/aromatic N) is 4. The van der Waals surface area contributed by atoms with Crippen LogP contribution in [0.1, 0.15) is 55.4 Å². The number of aromatic nitrogens is 4. The number of aromatic amines is 1. The van der Waals surface area contributed by atoms with Gasteiger partial charge in [-0.15, -0.1) is 0 Å². The molecule has 0 saturated heterocycles. The third kappa shape index (κ3) is 4.66. The minimum Gasteiger partial charge on any atom is -0.465 e. The normalized spacial score (nSPS) is 12.4. The number of amides is 1. The Labute approximate surface area is 201 Å². The van der Waals surface area contributed by atoms with Crippen molar-refractivity contribution in [1.29, 1.82) is 5.26 Å². The maximum atomic E-state index is 12.1. The van der Waals surface area contributed by atoms with Gasteiger partial charge < -0.3 is 24.3 Å². The highest BCUT2D eigenvalue weighted by Crippen LogP contribution is 2.28. The molecule has 3 aromatic heterocycles. The molecule has 35 heavy (non-hydrogen) atoms. The zero-order valence-corrected chi connectivity index (χ0v) is 20.4. The summed E-state index contributed by atoms with van der Waals surface area (Å²) in [7, 11) is 3.11. The van der Waals surface area contributed by atoms with E-state index in [9.17, 15) is 14.9 Å². The van der Waals surface area contributed by atoms with Gasteiger partial charge in [0.2, 0.25) is 0 Å². The van der Waals surface area contributed by atoms with Gasteiger partial charge in [0.05, 0.1) is 46.7 Å². The standard InChI is InChI=1S/C25H26N6O4/c1-13(27-24(33)35-25(2,3)4)17-8-7-14-9-19(29-21(14)28-17)22-30-18-11-16(23(32)34-6)15(12-26)10-20(18)31(22)5/h7-11,13H,1-6H3,(H,27,33)(H,28,29)/t13-/m1/s1. The van der Waals surface area contributed by atoms with E-state index >= 15 is 0 Å². The third-order valence-corrected chi connectivity index (χ3v) is 5.46. The molecule has 0 radical (unpaired) electrons. The van der Waals surface area contributed by atoms with E-state index in [4.69, 9.17) is 9.47 Å². The molecule has 10 nitrogen and oxygen atoms in total. The molecular weight excluding hydrogens is 448 g/mol. The summed E-state index contributed by atoms with van der Waals surface area (Å²) in [6, 6.07) is 10.6. The lowest BCUT2D eigenvalue weighted by molar-refractivity contribution is 0.0506. The van der Waals surface area contributed by atoms with Crippen LogP contribution in [0.3, 0.4) is 0 Å². The van der Waals surface area contributed by atoms with Crippen molar-refractivity contribution in [1.82, 2.24) is 24.8 Å². The molecule has 1 atom stereocenters. The van der Waals surface area contributed by atoms with Crippen LogP contribution in [0.5, 0.6) is 0 Å². The highest BCUT2D eigenvalue weighted by atomic mass is 16.6. The lowest BCUT2D eigenvalue weighted by atomic mass is 10.1. The van der Waals surface area contributed by atoms with Gasteiger partial charge in [0.15, 0.2) is 5.82 Å². The zero-order valence-electron chi connectivity index (χ0n) is 20.4. The van der Waals surface area contributed by atoms with Gasteiger partial charge in [0, 0.05) is 12.4 Å². The molecule has 0 saturated carbocycles. The largest absolute Gasteiger partial charge is 0.465 e. The van der Waals surface area contributed by atoms with E-state index in [1.165, 1.54) is 7.11 Å². The maximum absolute atomic E-state index is 12.1. The number of carbonyl (C=O) groups excluding carboxylic acids is 2. The van der Waals surface area contributed by atoms with E-state index in [2.05, 4.69) is 20.3 Å². The van der Waals surface area contributed by atoms with Gasteiger partial charge in [-0.05, 0) is 58.0 Å². The molecule has 4 rings (SSSR count). The Hall–Kier alpha value is -4.39. The number of carbonyl (C=O) groups is 2. The van der Waals surface area contributed by atoms with Crippen molar-refractivity contribution >= 4 is 34.1 Å². The fraction of sp³-hybridized carbons (Fsp3) is 0.320. The van der Waals surface area contributed by atoms with Crippen LogP contribution in [-0.4, -0.2) is 44.3 Å². The predicted octanol–water partition coefficient (Wildman–Crippen LogP) is 4.36. The number of fused-ring (bicyclic) bond motifs is 2. The molecule has 1 amide bonds. The van der Waals surface area contributed by atoms with Crippen LogP contribution in [0.4, 0.5) is 4.79 Å². The Balaban J connectivity index is 1.68. The number of nitrogens with one attached hydrogen (secondary N) is 2. The number of H-pyrrole nitrogens is 1. The number of hydrogen-bond acceptors (Lipinski definition) is 7. The van der Waals surface area contributed by atoms with Gasteiger partial charge in [-0.3, -0.25) is 0 Å². The molecule has 0 spiro atoms. The number of alkyl carbamates (subject to hydrolysis) is 1. The molecule has 0 aliphatic carbocycles. The lowest BCUT2D eigenvalue weighted by Gasteiger charge is -2.21. The molecule has 0 fully saturated rings. The molecule has 180 valence electrons. The van der Waals surface area contributed by atoms with Crippen molar-refractivity contribution < 1.29 is 19.1 Å². The average molecular weight is 475 g/mol. The topological polar surface area (TPSA) is 135 Å². The molecule has 0 unspecified atom stereocenters. The molecule has 0 aliphatic heterocycles. The van der Waals surface area contributed by atoms with Crippen LogP contribution in [-0.2, 0) is 16.5 Å². The Morgan fingerprint density at radius 3 is 2.60 bits per heavy atom. The van der Waals surface area contributed by atoms with E-state index in [1.54, 1.807) is 32.9 Å². The first-order valence-corrected chi connectivity index (χ1v) is 11.0. The summed E-state index contributed by atoms with van der Waals surface area (Å²) in [5.41, 5.74) is 3.07. The van der Waals surface area contributed by atoms with Crippen LogP contribution in [0, 0.1) is 11.3 Å². The van der Waals surface area contributed by atoms with Crippen molar-refractivity contribution in [2.24, 2.45) is 7.05 Å². The minimum absolute atomic E-state index is 0.168. The number of rotatable bonds is 4. The number of esters is 1. The fourth-order valence-corrected chi connectivity index (χ4v) is 3.79. The zero-order chi connectivity index (χ0) is 25.5. The second kappa shape index (κ2) is 8.76. The van der Waals surface area contributed by atoms with Crippen LogP contribution in [0.2, 0.25) is 0 Å². The second-order valence-corrected chi connectivity index (χ2v) is 9.21. The van der Waals surface area contributed by atoms with Crippen molar-refractivity contribution in [3.63, 3.8) is 0 Å². The summed E-state index contributed by atoms with van der Waals surface area (Å²) in [6.07, 6.45) is -0.512. The highest BCUT2D eigenvalue weighted by molar-refractivity contribution is 5.97. The molecular formula is C25H26N6O4. The Bertz CT molecular complexity index is 1500. The van der Waals surface area contributed by atoms with Gasteiger partial charge in [0.1, 0.15) is 17.3 Å². The highest BCUT2D eigenvalue weighted by Gasteiger charge is 2.21. The Morgan fingerprint density at radius 1 is 1.20 bits per heavy atom. The summed E-state index contributed by atoms with van der Waals surface area (Å²) >= 11 is 0. The molecule has 2 N–H and O–H groups in total. The molecule has 0 aliphatic rings. The molecule has 3 heterocycles. The van der Waals surface area contributed by atoms with Crippen LogP contribution >= 0.6 is 0 Å². The average Bonchev–Trinajstić information content (AvgIpc) is 3.36. The monoisotopic (exact) mass is 474 g/mol. The van der Waals surface area contributed by atoms with Crippen molar-refractivity contribution in [2.45, 2.75) is 39.3 Å². The minimum atomic E-state index is -0.591. The van der Waals surface area contributed by atoms with E-state index in [0.717, 1.165) is 5.39 Å². The number of hydrogen-bond donors (Lipinski definition) is 2. The SMILES string of the molecule is COC(=O)c1cc2nc(-c3cc4ccc([C@@H](C)NC(=O)OC(C)(C)C)nc4[nH]3)n(C)c2cc1C#N. The maximum Gasteiger partial charge on any atom is 0.408 e. The van der Waals surface area contributed by atoms with E-state index in [1.807, 2.05) is 42.8 Å². The van der Waals surface area contributed by atoms with Gasteiger partial charge in [-0.25, -0.2) is 19.6 Å². The summed E-state index contributed by atoms with van der Waals surface area (Å²) in [6.45, 7) is 7.25. The summed E-state index contributed by atoms with van der Waals surface area (Å²) in [5.74, 6) is 0.0255. The summed E-state index contributed by atoms with van der Waals surface area (Å²) in [4.78, 5) is 36.8. The lowest BCUT2D eigenvalue weighted by Crippen LogP contribution is -2.34. The summed E-state index contributed by atoms with van der Waals surface area (Å²) < 4.78 is 12.0. The van der Waals surface area contributed by atoms with E-state index < -0.39 is 17.7 Å². The van der Waals surface area contributed by atoms with Gasteiger partial charge in [-0.2, -0.15) is 5.26 Å². The van der Waals surface area contributed by atoms with Crippen LogP contribution in [0.15, 0.2) is 30.3 Å². The van der Waals surface area contributed by atoms with Crippen molar-refractivity contribution in [2.75, 3.05) is 7.11 Å². The van der Waals surface area contributed by atoms with E-state index in [-0.39, 0.29) is 17.2 Å². The van der Waals surface area contributed by atoms with Crippen molar-refractivity contribution in [3.8, 4) is 17.6 Å². The van der Waals surface area contributed by atoms with Gasteiger partial charge in [-0.1, -0.05) is 0 Å². The number of pyridine rings is 1. The Kier molecular flexibility index (Phi) is 5.94. The van der Waals surface area contributed by atoms with E-state index in [0.29, 0.717) is 33.9 Å².